The van der Waals surface area contributed by atoms with Crippen molar-refractivity contribution in [2.24, 2.45) is 11.8 Å². The summed E-state index contributed by atoms with van der Waals surface area (Å²) in [5.74, 6) is -0.735. The Kier molecular flexibility index (Phi) is 6.28. The van der Waals surface area contributed by atoms with Gasteiger partial charge in [-0.2, -0.15) is 13.2 Å². The summed E-state index contributed by atoms with van der Waals surface area (Å²) in [7, 11) is 1.54. The fourth-order valence-electron chi connectivity index (χ4n) is 3.01. The van der Waals surface area contributed by atoms with E-state index < -0.39 is 12.1 Å². The van der Waals surface area contributed by atoms with E-state index in [4.69, 9.17) is 4.74 Å². The van der Waals surface area contributed by atoms with E-state index in [1.165, 1.54) is 6.08 Å². The molecule has 0 aromatic heterocycles. The highest BCUT2D eigenvalue weighted by atomic mass is 19.4. The van der Waals surface area contributed by atoms with Crippen molar-refractivity contribution in [2.45, 2.75) is 31.9 Å². The van der Waals surface area contributed by atoms with Crippen LogP contribution in [0.2, 0.25) is 0 Å². The quantitative estimate of drug-likeness (QED) is 0.739. The number of benzene rings is 1. The summed E-state index contributed by atoms with van der Waals surface area (Å²) in [5, 5.41) is 2.67. The van der Waals surface area contributed by atoms with Crippen LogP contribution in [0.15, 0.2) is 36.9 Å². The normalized spacial score (nSPS) is 21.1. The van der Waals surface area contributed by atoms with E-state index in [1.54, 1.807) is 25.3 Å². The molecular formula is C19H22F3NO2. The number of ether oxygens (including phenoxy) is 1. The van der Waals surface area contributed by atoms with Crippen LogP contribution in [0.1, 0.15) is 31.2 Å². The highest BCUT2D eigenvalue weighted by molar-refractivity contribution is 5.99. The molecule has 1 amide bonds. The summed E-state index contributed by atoms with van der Waals surface area (Å²) in [6.45, 7) is 3.40. The monoisotopic (exact) mass is 353 g/mol. The number of carbonyl (C=O) groups is 1. The van der Waals surface area contributed by atoms with Crippen LogP contribution in [-0.4, -0.2) is 19.2 Å². The van der Waals surface area contributed by atoms with Crippen LogP contribution >= 0.6 is 0 Å². The van der Waals surface area contributed by atoms with Crippen LogP contribution in [0, 0.1) is 11.8 Å². The number of hydrogen-bond donors (Lipinski definition) is 1. The maximum absolute atomic E-state index is 12.7. The lowest BCUT2D eigenvalue weighted by atomic mass is 9.81. The molecule has 0 atom stereocenters. The number of amides is 1. The van der Waals surface area contributed by atoms with Crippen LogP contribution in [0.3, 0.4) is 0 Å². The molecule has 0 heterocycles. The number of nitrogens with one attached hydrogen (secondary N) is 1. The van der Waals surface area contributed by atoms with Gasteiger partial charge in [-0.05, 0) is 55.9 Å². The van der Waals surface area contributed by atoms with Crippen molar-refractivity contribution in [3.05, 3.63) is 42.5 Å². The minimum Gasteiger partial charge on any atom is -0.496 e. The minimum atomic E-state index is -4.09. The second kappa shape index (κ2) is 8.23. The van der Waals surface area contributed by atoms with Crippen LogP contribution in [0.25, 0.3) is 6.08 Å². The van der Waals surface area contributed by atoms with Gasteiger partial charge < -0.3 is 10.1 Å². The van der Waals surface area contributed by atoms with E-state index in [-0.39, 0.29) is 24.7 Å². The van der Waals surface area contributed by atoms with Crippen LogP contribution in [0.4, 0.5) is 18.9 Å². The zero-order chi connectivity index (χ0) is 18.4. The van der Waals surface area contributed by atoms with Crippen molar-refractivity contribution in [1.29, 1.82) is 0 Å². The van der Waals surface area contributed by atoms with Gasteiger partial charge >= 0.3 is 6.18 Å². The third kappa shape index (κ3) is 5.37. The van der Waals surface area contributed by atoms with Gasteiger partial charge in [-0.3, -0.25) is 4.79 Å². The van der Waals surface area contributed by atoms with E-state index in [1.807, 2.05) is 12.2 Å². The average Bonchev–Trinajstić information content (AvgIpc) is 2.59. The molecular weight excluding hydrogens is 331 g/mol. The Hall–Kier alpha value is -2.24. The van der Waals surface area contributed by atoms with Crippen molar-refractivity contribution in [3.8, 4) is 5.75 Å². The molecule has 0 bridgehead atoms. The topological polar surface area (TPSA) is 38.3 Å². The Bertz CT molecular complexity index is 645. The van der Waals surface area contributed by atoms with Gasteiger partial charge in [0.1, 0.15) is 5.75 Å². The van der Waals surface area contributed by atoms with Crippen LogP contribution < -0.4 is 10.1 Å². The molecule has 2 rings (SSSR count). The molecule has 0 radical (unpaired) electrons. The van der Waals surface area contributed by atoms with Crippen molar-refractivity contribution >= 4 is 17.7 Å². The van der Waals surface area contributed by atoms with Gasteiger partial charge in [0.25, 0.3) is 0 Å². The predicted molar refractivity (Wildman–Crippen MR) is 92.4 cm³/mol. The molecule has 0 unspecified atom stereocenters. The summed E-state index contributed by atoms with van der Waals surface area (Å²) < 4.78 is 43.5. The molecule has 1 N–H and O–H groups in total. The molecule has 3 nitrogen and oxygen atoms in total. The zero-order valence-corrected chi connectivity index (χ0v) is 14.1. The van der Waals surface area contributed by atoms with E-state index in [2.05, 4.69) is 11.9 Å². The molecule has 1 aromatic carbocycles. The summed E-state index contributed by atoms with van der Waals surface area (Å²) >= 11 is 0. The lowest BCUT2D eigenvalue weighted by molar-refractivity contribution is -0.183. The second-order valence-corrected chi connectivity index (χ2v) is 6.16. The van der Waals surface area contributed by atoms with Gasteiger partial charge in [0.15, 0.2) is 0 Å². The van der Waals surface area contributed by atoms with E-state index >= 15 is 0 Å². The number of alkyl halides is 3. The highest BCUT2D eigenvalue weighted by Crippen LogP contribution is 2.40. The van der Waals surface area contributed by atoms with Gasteiger partial charge in [-0.25, -0.2) is 0 Å². The molecule has 0 saturated heterocycles. The van der Waals surface area contributed by atoms with Crippen LogP contribution in [-0.2, 0) is 4.79 Å². The standard InChI is InChI=1S/C19H22F3NO2/c1-3-18(24)23-16-10-11-17(25-2)14(12-16)7-4-13-5-8-15(9-6-13)19(20,21)22/h3-4,7,10-13,15H,1,5-6,8-9H2,2H3,(H,23,24). The fourth-order valence-corrected chi connectivity index (χ4v) is 3.01. The molecule has 1 aromatic rings. The summed E-state index contributed by atoms with van der Waals surface area (Å²) in [4.78, 5) is 11.4. The maximum atomic E-state index is 12.7. The Morgan fingerprint density at radius 1 is 1.28 bits per heavy atom. The van der Waals surface area contributed by atoms with E-state index in [0.29, 0.717) is 24.3 Å². The second-order valence-electron chi connectivity index (χ2n) is 6.16. The first-order valence-corrected chi connectivity index (χ1v) is 8.20. The van der Waals surface area contributed by atoms with Crippen molar-refractivity contribution in [3.63, 3.8) is 0 Å². The third-order valence-corrected chi connectivity index (χ3v) is 4.47. The first-order chi connectivity index (χ1) is 11.8. The number of halogens is 3. The molecule has 1 fully saturated rings. The van der Waals surface area contributed by atoms with Gasteiger partial charge in [0.05, 0.1) is 13.0 Å². The Morgan fingerprint density at radius 3 is 2.52 bits per heavy atom. The van der Waals surface area contributed by atoms with Crippen LogP contribution in [0.5, 0.6) is 5.75 Å². The largest absolute Gasteiger partial charge is 0.496 e. The number of anilines is 1. The summed E-state index contributed by atoms with van der Waals surface area (Å²) in [6, 6.07) is 5.21. The number of methoxy groups -OCH3 is 1. The fraction of sp³-hybridized carbons (Fsp3) is 0.421. The molecule has 0 spiro atoms. The third-order valence-electron chi connectivity index (χ3n) is 4.47. The average molecular weight is 353 g/mol. The van der Waals surface area contributed by atoms with Gasteiger partial charge in [-0.1, -0.05) is 18.7 Å². The number of allylic oxidation sites excluding steroid dienone is 1. The lowest BCUT2D eigenvalue weighted by Gasteiger charge is -2.28. The number of rotatable bonds is 5. The SMILES string of the molecule is C=CC(=O)Nc1ccc(OC)c(C=CC2CCC(C(F)(F)F)CC2)c1. The molecule has 1 aliphatic carbocycles. The first kappa shape index (κ1) is 19.1. The smallest absolute Gasteiger partial charge is 0.391 e. The Morgan fingerprint density at radius 2 is 1.96 bits per heavy atom. The van der Waals surface area contributed by atoms with Crippen molar-refractivity contribution in [2.75, 3.05) is 12.4 Å². The summed E-state index contributed by atoms with van der Waals surface area (Å²) in [5.41, 5.74) is 1.37. The molecule has 136 valence electrons. The minimum absolute atomic E-state index is 0.120. The molecule has 6 heteroatoms. The van der Waals surface area contributed by atoms with Gasteiger partial charge in [-0.15, -0.1) is 0 Å². The lowest BCUT2D eigenvalue weighted by Crippen LogP contribution is -2.27. The van der Waals surface area contributed by atoms with Gasteiger partial charge in [0.2, 0.25) is 5.91 Å². The molecule has 25 heavy (non-hydrogen) atoms. The van der Waals surface area contributed by atoms with Crippen molar-refractivity contribution in [1.82, 2.24) is 0 Å². The number of carbonyl (C=O) groups excluding carboxylic acids is 1. The van der Waals surface area contributed by atoms with Crippen molar-refractivity contribution < 1.29 is 22.7 Å². The van der Waals surface area contributed by atoms with E-state index in [0.717, 1.165) is 5.56 Å². The maximum Gasteiger partial charge on any atom is 0.391 e. The molecule has 0 aliphatic heterocycles. The Balaban J connectivity index is 2.05. The molecule has 1 saturated carbocycles. The summed E-state index contributed by atoms with van der Waals surface area (Å²) in [6.07, 6.45) is 2.26. The van der Waals surface area contributed by atoms with E-state index in [9.17, 15) is 18.0 Å². The number of hydrogen-bond acceptors (Lipinski definition) is 2. The Labute approximate surface area is 145 Å². The highest BCUT2D eigenvalue weighted by Gasteiger charge is 2.40. The first-order valence-electron chi connectivity index (χ1n) is 8.20. The van der Waals surface area contributed by atoms with Gasteiger partial charge in [0, 0.05) is 11.3 Å². The molecule has 1 aliphatic rings. The zero-order valence-electron chi connectivity index (χ0n) is 14.1. The predicted octanol–water partition coefficient (Wildman–Crippen LogP) is 5.20.